The number of carboxylic acid groups (broad SMARTS) is 1. The van der Waals surface area contributed by atoms with Gasteiger partial charge in [-0.3, -0.25) is 10.2 Å². The summed E-state index contributed by atoms with van der Waals surface area (Å²) in [6, 6.07) is 20.1. The lowest BCUT2D eigenvalue weighted by atomic mass is 9.77. The average molecular weight is 389 g/mol. The van der Waals surface area contributed by atoms with E-state index in [1.807, 2.05) is 37.3 Å². The zero-order chi connectivity index (χ0) is 21.4. The average Bonchev–Trinajstić information content (AvgIpc) is 2.75. The van der Waals surface area contributed by atoms with Crippen LogP contribution in [0.5, 0.6) is 0 Å². The van der Waals surface area contributed by atoms with E-state index >= 15 is 0 Å². The normalized spacial score (nSPS) is 12.8. The predicted octanol–water partition coefficient (Wildman–Crippen LogP) is 3.33. The van der Waals surface area contributed by atoms with Crippen LogP contribution in [-0.4, -0.2) is 34.3 Å². The Morgan fingerprint density at radius 2 is 1.69 bits per heavy atom. The molecule has 0 aromatic heterocycles. The zero-order valence-corrected chi connectivity index (χ0v) is 16.0. The summed E-state index contributed by atoms with van der Waals surface area (Å²) in [5.41, 5.74) is 3.24. The Bertz CT molecular complexity index is 1000. The van der Waals surface area contributed by atoms with Crippen molar-refractivity contribution in [3.63, 3.8) is 0 Å². The Kier molecular flexibility index (Phi) is 6.67. The molecule has 2 aromatic rings. The number of amides is 2. The highest BCUT2D eigenvalue weighted by molar-refractivity contribution is 6.46. The van der Waals surface area contributed by atoms with Gasteiger partial charge in [-0.1, -0.05) is 42.5 Å². The van der Waals surface area contributed by atoms with E-state index in [0.29, 0.717) is 10.6 Å². The number of imide groups is 1. The molecule has 0 aliphatic heterocycles. The van der Waals surface area contributed by atoms with E-state index in [1.165, 1.54) is 6.92 Å². The molecule has 0 saturated carbocycles. The molecular weight excluding hydrogens is 370 g/mol. The standard InChI is InChI=1S/C21H19N5O3/c1-3-26(20(28)29)19(27)18(13-22)25-24-17-11-9-16(10-12-17)21(2,14-23)15-7-5-4-6-8-15/h4-12,24H,3H2,1-2H3,(H,28,29). The largest absolute Gasteiger partial charge is 0.465 e. The maximum absolute atomic E-state index is 12.1. The monoisotopic (exact) mass is 389 g/mol. The Hall–Kier alpha value is -4.17. The molecule has 0 bridgehead atoms. The smallest absolute Gasteiger partial charge is 0.414 e. The summed E-state index contributed by atoms with van der Waals surface area (Å²) in [6.07, 6.45) is -1.46. The van der Waals surface area contributed by atoms with E-state index in [0.717, 1.165) is 11.1 Å². The lowest BCUT2D eigenvalue weighted by Crippen LogP contribution is -2.40. The molecule has 2 amide bonds. The molecule has 29 heavy (non-hydrogen) atoms. The van der Waals surface area contributed by atoms with Crippen molar-refractivity contribution >= 4 is 23.4 Å². The van der Waals surface area contributed by atoms with Crippen LogP contribution in [0.3, 0.4) is 0 Å². The molecule has 0 fully saturated rings. The van der Waals surface area contributed by atoms with Crippen molar-refractivity contribution in [1.82, 2.24) is 4.90 Å². The molecule has 2 N–H and O–H groups in total. The molecule has 1 unspecified atom stereocenters. The number of hydrogen-bond donors (Lipinski definition) is 2. The summed E-state index contributed by atoms with van der Waals surface area (Å²) in [4.78, 5) is 23.6. The highest BCUT2D eigenvalue weighted by Gasteiger charge is 2.28. The van der Waals surface area contributed by atoms with Crippen LogP contribution in [0.25, 0.3) is 0 Å². The molecule has 0 aliphatic rings. The SMILES string of the molecule is CCN(C(=O)O)C(=O)C(C#N)=NNc1ccc(C(C)(C#N)c2ccccc2)cc1. The second-order valence-electron chi connectivity index (χ2n) is 6.20. The zero-order valence-electron chi connectivity index (χ0n) is 16.0. The molecule has 1 atom stereocenters. The van der Waals surface area contributed by atoms with Gasteiger partial charge in [-0.25, -0.2) is 9.69 Å². The summed E-state index contributed by atoms with van der Waals surface area (Å²) in [7, 11) is 0. The number of anilines is 1. The summed E-state index contributed by atoms with van der Waals surface area (Å²) < 4.78 is 0. The van der Waals surface area contributed by atoms with Crippen molar-refractivity contribution in [2.24, 2.45) is 5.10 Å². The second-order valence-corrected chi connectivity index (χ2v) is 6.20. The van der Waals surface area contributed by atoms with Gasteiger partial charge in [0.05, 0.1) is 11.8 Å². The van der Waals surface area contributed by atoms with E-state index in [1.54, 1.807) is 30.3 Å². The van der Waals surface area contributed by atoms with Crippen molar-refractivity contribution in [2.75, 3.05) is 12.0 Å². The molecular formula is C21H19N5O3. The lowest BCUT2D eigenvalue weighted by Gasteiger charge is -2.23. The third kappa shape index (κ3) is 4.57. The van der Waals surface area contributed by atoms with Crippen LogP contribution in [0.1, 0.15) is 25.0 Å². The molecule has 2 aromatic carbocycles. The Morgan fingerprint density at radius 3 is 2.17 bits per heavy atom. The van der Waals surface area contributed by atoms with E-state index in [-0.39, 0.29) is 6.54 Å². The maximum atomic E-state index is 12.1. The van der Waals surface area contributed by atoms with Gasteiger partial charge in [-0.2, -0.15) is 15.6 Å². The van der Waals surface area contributed by atoms with Gasteiger partial charge in [0.2, 0.25) is 5.71 Å². The Balaban J connectivity index is 2.23. The predicted molar refractivity (Wildman–Crippen MR) is 107 cm³/mol. The second kappa shape index (κ2) is 9.16. The molecule has 0 saturated heterocycles. The first kappa shape index (κ1) is 21.1. The highest BCUT2D eigenvalue weighted by Crippen LogP contribution is 2.31. The fourth-order valence-electron chi connectivity index (χ4n) is 2.68. The van der Waals surface area contributed by atoms with E-state index < -0.39 is 23.1 Å². The molecule has 8 heteroatoms. The van der Waals surface area contributed by atoms with Crippen LogP contribution < -0.4 is 5.43 Å². The van der Waals surface area contributed by atoms with Gasteiger partial charge < -0.3 is 5.11 Å². The minimum Gasteiger partial charge on any atom is -0.465 e. The van der Waals surface area contributed by atoms with Crippen LogP contribution in [-0.2, 0) is 10.2 Å². The number of benzene rings is 2. The summed E-state index contributed by atoms with van der Waals surface area (Å²) >= 11 is 0. The van der Waals surface area contributed by atoms with Crippen molar-refractivity contribution in [3.8, 4) is 12.1 Å². The third-order valence-corrected chi connectivity index (χ3v) is 4.43. The van der Waals surface area contributed by atoms with Crippen LogP contribution in [0.2, 0.25) is 0 Å². The van der Waals surface area contributed by atoms with Crippen LogP contribution in [0.15, 0.2) is 59.7 Å². The van der Waals surface area contributed by atoms with Gasteiger partial charge in [0, 0.05) is 6.54 Å². The Morgan fingerprint density at radius 1 is 1.10 bits per heavy atom. The first-order valence-electron chi connectivity index (χ1n) is 8.73. The first-order valence-corrected chi connectivity index (χ1v) is 8.73. The number of hydrogen-bond acceptors (Lipinski definition) is 6. The summed E-state index contributed by atoms with van der Waals surface area (Å²) in [5, 5.41) is 31.6. The number of nitrogens with zero attached hydrogens (tertiary/aromatic N) is 4. The minimum atomic E-state index is -1.46. The van der Waals surface area contributed by atoms with Gasteiger partial charge in [0.25, 0.3) is 5.91 Å². The fourth-order valence-corrected chi connectivity index (χ4v) is 2.68. The number of carbonyl (C=O) groups excluding carboxylic acids is 1. The van der Waals surface area contributed by atoms with Crippen molar-refractivity contribution < 1.29 is 14.7 Å². The van der Waals surface area contributed by atoms with Gasteiger partial charge in [0.15, 0.2) is 0 Å². The quantitative estimate of drug-likeness (QED) is 0.576. The number of rotatable bonds is 6. The van der Waals surface area contributed by atoms with Crippen LogP contribution >= 0.6 is 0 Å². The summed E-state index contributed by atoms with van der Waals surface area (Å²) in [6.45, 7) is 3.20. The van der Waals surface area contributed by atoms with Crippen molar-refractivity contribution in [2.45, 2.75) is 19.3 Å². The molecule has 0 heterocycles. The van der Waals surface area contributed by atoms with Gasteiger partial charge in [-0.05, 0) is 37.1 Å². The van der Waals surface area contributed by atoms with E-state index in [9.17, 15) is 14.9 Å². The molecule has 2 rings (SSSR count). The number of nitrogens with one attached hydrogen (secondary N) is 1. The molecule has 0 aliphatic carbocycles. The number of carbonyl (C=O) groups is 2. The minimum absolute atomic E-state index is 0.101. The van der Waals surface area contributed by atoms with Gasteiger partial charge in [0.1, 0.15) is 11.5 Å². The third-order valence-electron chi connectivity index (χ3n) is 4.43. The van der Waals surface area contributed by atoms with Crippen LogP contribution in [0.4, 0.5) is 10.5 Å². The van der Waals surface area contributed by atoms with Crippen molar-refractivity contribution in [1.29, 1.82) is 10.5 Å². The van der Waals surface area contributed by atoms with Crippen molar-refractivity contribution in [3.05, 3.63) is 65.7 Å². The molecule has 8 nitrogen and oxygen atoms in total. The number of nitriles is 2. The van der Waals surface area contributed by atoms with Crippen LogP contribution in [0, 0.1) is 22.7 Å². The topological polar surface area (TPSA) is 130 Å². The van der Waals surface area contributed by atoms with Gasteiger partial charge in [-0.15, -0.1) is 0 Å². The lowest BCUT2D eigenvalue weighted by molar-refractivity contribution is -0.121. The molecule has 146 valence electrons. The maximum Gasteiger partial charge on any atom is 0.414 e. The summed E-state index contributed by atoms with van der Waals surface area (Å²) in [5.74, 6) is -1.01. The fraction of sp³-hybridized carbons (Fsp3) is 0.190. The van der Waals surface area contributed by atoms with E-state index in [4.69, 9.17) is 10.4 Å². The Labute approximate surface area is 168 Å². The highest BCUT2D eigenvalue weighted by atomic mass is 16.4. The van der Waals surface area contributed by atoms with Gasteiger partial charge >= 0.3 is 6.09 Å². The molecule has 0 spiro atoms. The number of hydrazone groups is 1. The van der Waals surface area contributed by atoms with E-state index in [2.05, 4.69) is 16.6 Å². The first-order chi connectivity index (χ1) is 13.9. The molecule has 0 radical (unpaired) electrons.